The minimum absolute atomic E-state index is 0.163. The number of rotatable bonds is 6. The molecule has 0 aromatic heterocycles. The Hall–Kier alpha value is -1.06. The summed E-state index contributed by atoms with van der Waals surface area (Å²) in [6.45, 7) is 9.84. The Morgan fingerprint density at radius 2 is 1.75 bits per heavy atom. The summed E-state index contributed by atoms with van der Waals surface area (Å²) >= 11 is 0. The number of nitrogens with two attached hydrogens (primary N) is 1. The van der Waals surface area contributed by atoms with Crippen molar-refractivity contribution in [2.24, 2.45) is 11.1 Å². The lowest BCUT2D eigenvalue weighted by atomic mass is 9.80. The minimum Gasteiger partial charge on any atom is -0.497 e. The van der Waals surface area contributed by atoms with E-state index >= 15 is 0 Å². The Kier molecular flexibility index (Phi) is 6.03. The molecule has 0 bridgehead atoms. The van der Waals surface area contributed by atoms with E-state index in [1.165, 1.54) is 5.56 Å². The van der Waals surface area contributed by atoms with Crippen LogP contribution in [0.2, 0.25) is 0 Å². The molecule has 0 saturated heterocycles. The fourth-order valence-electron chi connectivity index (χ4n) is 2.97. The highest BCUT2D eigenvalue weighted by molar-refractivity contribution is 5.27. The van der Waals surface area contributed by atoms with Crippen molar-refractivity contribution in [3.05, 3.63) is 29.8 Å². The Morgan fingerprint density at radius 1 is 1.20 bits per heavy atom. The normalized spacial score (nSPS) is 15.2. The van der Waals surface area contributed by atoms with E-state index in [1.54, 1.807) is 7.11 Å². The highest BCUT2D eigenvalue weighted by atomic mass is 16.5. The highest BCUT2D eigenvalue weighted by Gasteiger charge is 2.32. The zero-order chi connectivity index (χ0) is 15.3. The van der Waals surface area contributed by atoms with Gasteiger partial charge in [-0.3, -0.25) is 4.90 Å². The van der Waals surface area contributed by atoms with Crippen LogP contribution in [-0.4, -0.2) is 31.1 Å². The summed E-state index contributed by atoms with van der Waals surface area (Å²) in [5.74, 6) is 0.897. The first kappa shape index (κ1) is 17.0. The summed E-state index contributed by atoms with van der Waals surface area (Å²) in [6, 6.07) is 8.80. The molecule has 114 valence electrons. The van der Waals surface area contributed by atoms with Crippen LogP contribution in [0.5, 0.6) is 5.75 Å². The van der Waals surface area contributed by atoms with Gasteiger partial charge in [0.15, 0.2) is 0 Å². The fraction of sp³-hybridized carbons (Fsp3) is 0.647. The SMILES string of the molecule is CCC(N)C(N(C)Cc1ccc(OC)cc1)C(C)(C)C. The van der Waals surface area contributed by atoms with Gasteiger partial charge in [0.25, 0.3) is 0 Å². The van der Waals surface area contributed by atoms with Crippen molar-refractivity contribution in [2.75, 3.05) is 14.2 Å². The molecular formula is C17H30N2O. The maximum Gasteiger partial charge on any atom is 0.118 e. The molecule has 0 amide bonds. The van der Waals surface area contributed by atoms with E-state index in [0.29, 0.717) is 6.04 Å². The lowest BCUT2D eigenvalue weighted by molar-refractivity contribution is 0.0939. The van der Waals surface area contributed by atoms with Gasteiger partial charge in [0, 0.05) is 18.6 Å². The van der Waals surface area contributed by atoms with Gasteiger partial charge in [-0.15, -0.1) is 0 Å². The topological polar surface area (TPSA) is 38.5 Å². The van der Waals surface area contributed by atoms with Gasteiger partial charge < -0.3 is 10.5 Å². The first-order valence-electron chi connectivity index (χ1n) is 7.38. The molecule has 0 aliphatic carbocycles. The third-order valence-electron chi connectivity index (χ3n) is 3.83. The molecule has 1 aromatic rings. The molecule has 0 radical (unpaired) electrons. The molecule has 0 spiro atoms. The fourth-order valence-corrected chi connectivity index (χ4v) is 2.97. The third kappa shape index (κ3) is 4.50. The zero-order valence-corrected chi connectivity index (χ0v) is 13.8. The standard InChI is InChI=1S/C17H30N2O/c1-7-15(18)16(17(2,3)4)19(5)12-13-8-10-14(20-6)11-9-13/h8-11,15-16H,7,12,18H2,1-6H3. The Labute approximate surface area is 124 Å². The number of nitrogens with zero attached hydrogens (tertiary/aromatic N) is 1. The predicted molar refractivity (Wildman–Crippen MR) is 86.0 cm³/mol. The second-order valence-corrected chi connectivity index (χ2v) is 6.65. The van der Waals surface area contributed by atoms with Crippen molar-refractivity contribution >= 4 is 0 Å². The number of ether oxygens (including phenoxy) is 1. The van der Waals surface area contributed by atoms with E-state index in [1.807, 2.05) is 12.1 Å². The van der Waals surface area contributed by atoms with Crippen LogP contribution in [0.1, 0.15) is 39.7 Å². The van der Waals surface area contributed by atoms with Gasteiger partial charge in [0.2, 0.25) is 0 Å². The summed E-state index contributed by atoms with van der Waals surface area (Å²) in [4.78, 5) is 2.37. The lowest BCUT2D eigenvalue weighted by Crippen LogP contribution is -2.52. The molecule has 20 heavy (non-hydrogen) atoms. The highest BCUT2D eigenvalue weighted by Crippen LogP contribution is 2.28. The second kappa shape index (κ2) is 7.09. The zero-order valence-electron chi connectivity index (χ0n) is 13.8. The molecule has 3 nitrogen and oxygen atoms in total. The Morgan fingerprint density at radius 3 is 2.15 bits per heavy atom. The van der Waals surface area contributed by atoms with Gasteiger partial charge in [0.1, 0.15) is 5.75 Å². The minimum atomic E-state index is 0.163. The molecule has 0 aliphatic rings. The number of hydrogen-bond donors (Lipinski definition) is 1. The number of methoxy groups -OCH3 is 1. The van der Waals surface area contributed by atoms with E-state index in [2.05, 4.69) is 51.8 Å². The molecular weight excluding hydrogens is 248 g/mol. The van der Waals surface area contributed by atoms with Crippen LogP contribution in [0.3, 0.4) is 0 Å². The molecule has 3 heteroatoms. The quantitative estimate of drug-likeness (QED) is 0.868. The summed E-state index contributed by atoms with van der Waals surface area (Å²) in [5.41, 5.74) is 7.79. The molecule has 0 aliphatic heterocycles. The molecule has 2 unspecified atom stereocenters. The summed E-state index contributed by atoms with van der Waals surface area (Å²) in [5, 5.41) is 0. The van der Waals surface area contributed by atoms with Crippen molar-refractivity contribution in [1.82, 2.24) is 4.90 Å². The molecule has 1 aromatic carbocycles. The molecule has 0 saturated carbocycles. The lowest BCUT2D eigenvalue weighted by Gasteiger charge is -2.41. The van der Waals surface area contributed by atoms with Crippen LogP contribution in [0.4, 0.5) is 0 Å². The van der Waals surface area contributed by atoms with Crippen LogP contribution in [0.15, 0.2) is 24.3 Å². The first-order valence-corrected chi connectivity index (χ1v) is 7.38. The largest absolute Gasteiger partial charge is 0.497 e. The average molecular weight is 278 g/mol. The van der Waals surface area contributed by atoms with E-state index in [4.69, 9.17) is 10.5 Å². The number of hydrogen-bond acceptors (Lipinski definition) is 3. The van der Waals surface area contributed by atoms with Crippen molar-refractivity contribution in [3.63, 3.8) is 0 Å². The van der Waals surface area contributed by atoms with Crippen LogP contribution >= 0.6 is 0 Å². The van der Waals surface area contributed by atoms with Gasteiger partial charge in [-0.05, 0) is 36.6 Å². The molecule has 2 N–H and O–H groups in total. The Bertz CT molecular complexity index is 394. The van der Waals surface area contributed by atoms with E-state index in [-0.39, 0.29) is 11.5 Å². The van der Waals surface area contributed by atoms with Crippen molar-refractivity contribution in [2.45, 2.75) is 52.7 Å². The van der Waals surface area contributed by atoms with E-state index in [0.717, 1.165) is 18.7 Å². The van der Waals surface area contributed by atoms with E-state index < -0.39 is 0 Å². The first-order chi connectivity index (χ1) is 9.29. The average Bonchev–Trinajstić information content (AvgIpc) is 2.37. The van der Waals surface area contributed by atoms with Crippen molar-refractivity contribution in [3.8, 4) is 5.75 Å². The summed E-state index contributed by atoms with van der Waals surface area (Å²) in [7, 11) is 3.85. The molecule has 2 atom stereocenters. The smallest absolute Gasteiger partial charge is 0.118 e. The van der Waals surface area contributed by atoms with Crippen LogP contribution < -0.4 is 10.5 Å². The van der Waals surface area contributed by atoms with E-state index in [9.17, 15) is 0 Å². The van der Waals surface area contributed by atoms with Crippen LogP contribution in [0.25, 0.3) is 0 Å². The maximum absolute atomic E-state index is 6.34. The van der Waals surface area contributed by atoms with Crippen LogP contribution in [0, 0.1) is 5.41 Å². The summed E-state index contributed by atoms with van der Waals surface area (Å²) in [6.07, 6.45) is 0.995. The van der Waals surface area contributed by atoms with Gasteiger partial charge >= 0.3 is 0 Å². The molecule has 0 fully saturated rings. The molecule has 1 rings (SSSR count). The molecule has 0 heterocycles. The monoisotopic (exact) mass is 278 g/mol. The Balaban J connectivity index is 2.82. The number of benzene rings is 1. The van der Waals surface area contributed by atoms with Crippen molar-refractivity contribution < 1.29 is 4.74 Å². The second-order valence-electron chi connectivity index (χ2n) is 6.65. The van der Waals surface area contributed by atoms with Crippen LogP contribution in [-0.2, 0) is 6.54 Å². The maximum atomic E-state index is 6.34. The van der Waals surface area contributed by atoms with Gasteiger partial charge in [-0.25, -0.2) is 0 Å². The van der Waals surface area contributed by atoms with Gasteiger partial charge in [-0.2, -0.15) is 0 Å². The van der Waals surface area contributed by atoms with Gasteiger partial charge in [-0.1, -0.05) is 39.8 Å². The predicted octanol–water partition coefficient (Wildman–Crippen LogP) is 3.28. The number of likely N-dealkylation sites (N-methyl/N-ethyl adjacent to an activating group) is 1. The van der Waals surface area contributed by atoms with Crippen molar-refractivity contribution in [1.29, 1.82) is 0 Å². The van der Waals surface area contributed by atoms with Gasteiger partial charge in [0.05, 0.1) is 7.11 Å². The summed E-state index contributed by atoms with van der Waals surface area (Å²) < 4.78 is 5.20. The third-order valence-corrected chi connectivity index (χ3v) is 3.83.